The van der Waals surface area contributed by atoms with E-state index >= 15 is 0 Å². The summed E-state index contributed by atoms with van der Waals surface area (Å²) in [5.41, 5.74) is 0.374. The van der Waals surface area contributed by atoms with Crippen LogP contribution in [0.4, 0.5) is 13.2 Å². The van der Waals surface area contributed by atoms with Crippen LogP contribution in [0.1, 0.15) is 69.0 Å². The summed E-state index contributed by atoms with van der Waals surface area (Å²) >= 11 is 0. The van der Waals surface area contributed by atoms with Crippen LogP contribution in [0.5, 0.6) is 0 Å². The molecule has 180 valence electrons. The van der Waals surface area contributed by atoms with Crippen LogP contribution in [0.2, 0.25) is 0 Å². The van der Waals surface area contributed by atoms with Gasteiger partial charge in [0.2, 0.25) is 5.91 Å². The van der Waals surface area contributed by atoms with E-state index in [1.807, 2.05) is 0 Å². The average molecular weight is 464 g/mol. The average Bonchev–Trinajstić information content (AvgIpc) is 3.43. The largest absolute Gasteiger partial charge is 0.416 e. The van der Waals surface area contributed by atoms with Gasteiger partial charge in [-0.3, -0.25) is 4.79 Å². The lowest BCUT2D eigenvalue weighted by Gasteiger charge is -2.31. The van der Waals surface area contributed by atoms with Gasteiger partial charge in [0.1, 0.15) is 0 Å². The molecule has 2 atom stereocenters. The van der Waals surface area contributed by atoms with E-state index in [0.717, 1.165) is 69.8 Å². The van der Waals surface area contributed by atoms with Crippen molar-refractivity contribution in [2.45, 2.75) is 70.0 Å². The number of fused-ring (bicyclic) bond motifs is 1. The van der Waals surface area contributed by atoms with Gasteiger partial charge in [0.15, 0.2) is 5.58 Å². The number of alkyl halides is 3. The van der Waals surface area contributed by atoms with Gasteiger partial charge in [-0.25, -0.2) is 0 Å². The van der Waals surface area contributed by atoms with Crippen molar-refractivity contribution in [1.29, 1.82) is 0 Å². The van der Waals surface area contributed by atoms with Gasteiger partial charge in [-0.05, 0) is 88.1 Å². The van der Waals surface area contributed by atoms with Crippen LogP contribution in [-0.4, -0.2) is 41.6 Å². The molecule has 1 N–H and O–H groups in total. The van der Waals surface area contributed by atoms with Gasteiger partial charge in [-0.2, -0.15) is 13.2 Å². The van der Waals surface area contributed by atoms with Crippen LogP contribution in [0, 0.1) is 17.8 Å². The number of benzene rings is 1. The number of nitrogens with one attached hydrogen (secondary N) is 1. The third kappa shape index (κ3) is 5.05. The Morgan fingerprint density at radius 2 is 1.88 bits per heavy atom. The van der Waals surface area contributed by atoms with E-state index in [9.17, 15) is 18.0 Å². The molecule has 8 heteroatoms. The summed E-state index contributed by atoms with van der Waals surface area (Å²) in [4.78, 5) is 15.0. The Labute approximate surface area is 192 Å². The summed E-state index contributed by atoms with van der Waals surface area (Å²) < 4.78 is 44.7. The summed E-state index contributed by atoms with van der Waals surface area (Å²) in [5, 5.41) is 7.86. The van der Waals surface area contributed by atoms with Crippen molar-refractivity contribution in [3.63, 3.8) is 0 Å². The van der Waals surface area contributed by atoms with Crippen molar-refractivity contribution in [2.75, 3.05) is 19.6 Å². The lowest BCUT2D eigenvalue weighted by molar-refractivity contribution is -0.137. The Hall–Kier alpha value is -2.09. The number of rotatable bonds is 5. The molecule has 1 amide bonds. The van der Waals surface area contributed by atoms with Crippen molar-refractivity contribution in [3.8, 4) is 0 Å². The van der Waals surface area contributed by atoms with Gasteiger partial charge in [0.25, 0.3) is 0 Å². The van der Waals surface area contributed by atoms with Crippen molar-refractivity contribution in [3.05, 3.63) is 29.5 Å². The molecule has 1 aromatic carbocycles. The fourth-order valence-electron chi connectivity index (χ4n) is 5.63. The van der Waals surface area contributed by atoms with E-state index in [4.69, 9.17) is 4.52 Å². The third-order valence-electron chi connectivity index (χ3n) is 7.91. The zero-order valence-corrected chi connectivity index (χ0v) is 19.0. The fraction of sp³-hybridized carbons (Fsp3) is 0.680. The van der Waals surface area contributed by atoms with E-state index in [1.54, 1.807) is 0 Å². The first-order valence-corrected chi connectivity index (χ1v) is 12.3. The van der Waals surface area contributed by atoms with E-state index in [1.165, 1.54) is 18.9 Å². The summed E-state index contributed by atoms with van der Waals surface area (Å²) in [6.45, 7) is 4.93. The van der Waals surface area contributed by atoms with Crippen LogP contribution in [0.25, 0.3) is 11.0 Å². The zero-order chi connectivity index (χ0) is 23.2. The fourth-order valence-corrected chi connectivity index (χ4v) is 5.63. The van der Waals surface area contributed by atoms with Gasteiger partial charge < -0.3 is 14.7 Å². The van der Waals surface area contributed by atoms with Gasteiger partial charge >= 0.3 is 6.18 Å². The Morgan fingerprint density at radius 1 is 1.15 bits per heavy atom. The number of piperidine rings is 1. The number of hydrogen-bond acceptors (Lipinski definition) is 4. The van der Waals surface area contributed by atoms with Gasteiger partial charge in [0.05, 0.1) is 11.3 Å². The quantitative estimate of drug-likeness (QED) is 0.649. The second kappa shape index (κ2) is 8.93. The minimum Gasteiger partial charge on any atom is -0.356 e. The van der Waals surface area contributed by atoms with Crippen molar-refractivity contribution < 1.29 is 22.5 Å². The molecule has 0 bridgehead atoms. The highest BCUT2D eigenvalue weighted by Gasteiger charge is 2.44. The molecule has 5 nitrogen and oxygen atoms in total. The SMILES string of the molecule is CC1CCC(NC(=O)C2C[C@H]2CN2CCC(c3noc4ccc(C(F)(F)F)cc34)CC2)CC1. The highest BCUT2D eigenvalue weighted by molar-refractivity contribution is 5.82. The summed E-state index contributed by atoms with van der Waals surface area (Å²) in [6, 6.07) is 3.90. The summed E-state index contributed by atoms with van der Waals surface area (Å²) in [7, 11) is 0. The lowest BCUT2D eigenvalue weighted by Crippen LogP contribution is -2.39. The molecule has 33 heavy (non-hydrogen) atoms. The molecule has 0 radical (unpaired) electrons. The van der Waals surface area contributed by atoms with Crippen LogP contribution in [0.3, 0.4) is 0 Å². The highest BCUT2D eigenvalue weighted by atomic mass is 19.4. The van der Waals surface area contributed by atoms with Crippen molar-refractivity contribution >= 4 is 16.9 Å². The smallest absolute Gasteiger partial charge is 0.356 e. The topological polar surface area (TPSA) is 58.4 Å². The minimum atomic E-state index is -4.38. The first kappa shape index (κ1) is 22.7. The molecule has 1 saturated heterocycles. The normalized spacial score (nSPS) is 29.3. The molecule has 0 spiro atoms. The zero-order valence-electron chi connectivity index (χ0n) is 19.0. The number of amides is 1. The van der Waals surface area contributed by atoms with E-state index < -0.39 is 11.7 Å². The van der Waals surface area contributed by atoms with Crippen LogP contribution >= 0.6 is 0 Å². The second-order valence-electron chi connectivity index (χ2n) is 10.4. The molecule has 2 saturated carbocycles. The maximum Gasteiger partial charge on any atom is 0.416 e. The highest BCUT2D eigenvalue weighted by Crippen LogP contribution is 2.41. The van der Waals surface area contributed by atoms with Gasteiger partial charge in [-0.1, -0.05) is 12.1 Å². The monoisotopic (exact) mass is 463 g/mol. The van der Waals surface area contributed by atoms with Crippen molar-refractivity contribution in [2.24, 2.45) is 17.8 Å². The Morgan fingerprint density at radius 3 is 2.58 bits per heavy atom. The Balaban J connectivity index is 1.11. The van der Waals surface area contributed by atoms with Crippen LogP contribution in [0.15, 0.2) is 22.7 Å². The predicted molar refractivity (Wildman–Crippen MR) is 119 cm³/mol. The maximum absolute atomic E-state index is 13.1. The molecule has 1 aromatic heterocycles. The number of carbonyl (C=O) groups excluding carboxylic acids is 1. The van der Waals surface area contributed by atoms with Gasteiger partial charge in [0, 0.05) is 29.8 Å². The molecule has 2 aromatic rings. The third-order valence-corrected chi connectivity index (χ3v) is 7.91. The number of halogens is 3. The first-order chi connectivity index (χ1) is 15.8. The predicted octanol–water partition coefficient (Wildman–Crippen LogP) is 5.36. The standard InChI is InChI=1S/C25H32F3N3O2/c1-15-2-5-19(6-3-15)29-24(32)20-12-17(20)14-31-10-8-16(9-11-31)23-21-13-18(25(26,27)28)4-7-22(21)33-30-23/h4,7,13,15-17,19-20H,2-3,5-6,8-12,14H2,1H3,(H,29,32)/t15?,17-,19?,20?/m0/s1. The minimum absolute atomic E-state index is 0.0953. The molecule has 3 fully saturated rings. The molecular formula is C25H32F3N3O2. The molecule has 2 heterocycles. The summed E-state index contributed by atoms with van der Waals surface area (Å²) in [6.07, 6.45) is 2.84. The molecule has 5 rings (SSSR count). The number of aromatic nitrogens is 1. The molecular weight excluding hydrogens is 431 g/mol. The number of hydrogen-bond donors (Lipinski definition) is 1. The van der Waals surface area contributed by atoms with Gasteiger partial charge in [-0.15, -0.1) is 0 Å². The molecule has 3 aliphatic rings. The number of nitrogens with zero attached hydrogens (tertiary/aromatic N) is 2. The van der Waals surface area contributed by atoms with E-state index in [2.05, 4.69) is 22.3 Å². The van der Waals surface area contributed by atoms with Crippen molar-refractivity contribution in [1.82, 2.24) is 15.4 Å². The van der Waals surface area contributed by atoms with E-state index in [-0.39, 0.29) is 17.7 Å². The number of carbonyl (C=O) groups is 1. The van der Waals surface area contributed by atoms with Crippen LogP contribution in [-0.2, 0) is 11.0 Å². The maximum atomic E-state index is 13.1. The Kier molecular flexibility index (Phi) is 6.14. The first-order valence-electron chi connectivity index (χ1n) is 12.3. The Bertz CT molecular complexity index is 988. The molecule has 2 aliphatic carbocycles. The molecule has 1 aliphatic heterocycles. The second-order valence-corrected chi connectivity index (χ2v) is 10.4. The lowest BCUT2D eigenvalue weighted by atomic mass is 9.87. The molecule has 1 unspecified atom stereocenters. The number of likely N-dealkylation sites (tertiary alicyclic amines) is 1. The van der Waals surface area contributed by atoms with E-state index in [0.29, 0.717) is 28.6 Å². The van der Waals surface area contributed by atoms with Crippen LogP contribution < -0.4 is 5.32 Å². The summed E-state index contributed by atoms with van der Waals surface area (Å²) in [5.74, 6) is 1.66.